The largest absolute Gasteiger partial charge is 0.327 e. The molecule has 0 aliphatic carbocycles. The van der Waals surface area contributed by atoms with Gasteiger partial charge in [0.05, 0.1) is 0 Å². The maximum absolute atomic E-state index is 11.3. The van der Waals surface area contributed by atoms with Crippen LogP contribution in [0.3, 0.4) is 0 Å². The molecule has 2 heterocycles. The summed E-state index contributed by atoms with van der Waals surface area (Å²) in [6.45, 7) is 2.37. The molecule has 2 N–H and O–H groups in total. The zero-order valence-electron chi connectivity index (χ0n) is 6.87. The van der Waals surface area contributed by atoms with Crippen molar-refractivity contribution in [3.63, 3.8) is 0 Å². The van der Waals surface area contributed by atoms with E-state index >= 15 is 0 Å². The molecule has 7 heteroatoms. The van der Waals surface area contributed by atoms with E-state index in [9.17, 15) is 9.59 Å². The number of aromatic nitrogens is 5. The van der Waals surface area contributed by atoms with Gasteiger partial charge in [-0.3, -0.25) is 14.8 Å². The Kier molecular flexibility index (Phi) is 1.51. The monoisotopic (exact) mass is 181 g/mol. The van der Waals surface area contributed by atoms with E-state index in [0.717, 1.165) is 0 Å². The maximum Gasteiger partial charge on any atom is 0.327 e. The fourth-order valence-corrected chi connectivity index (χ4v) is 1.14. The highest BCUT2D eigenvalue weighted by Gasteiger charge is 2.07. The van der Waals surface area contributed by atoms with E-state index in [4.69, 9.17) is 0 Å². The van der Waals surface area contributed by atoms with E-state index in [2.05, 4.69) is 20.3 Å². The van der Waals surface area contributed by atoms with Crippen molar-refractivity contribution < 1.29 is 0 Å². The van der Waals surface area contributed by atoms with Gasteiger partial charge in [0.1, 0.15) is 0 Å². The van der Waals surface area contributed by atoms with Crippen molar-refractivity contribution in [2.45, 2.75) is 13.5 Å². The van der Waals surface area contributed by atoms with Gasteiger partial charge in [0, 0.05) is 6.54 Å². The zero-order valence-corrected chi connectivity index (χ0v) is 6.87. The summed E-state index contributed by atoms with van der Waals surface area (Å²) in [5.41, 5.74) is -0.524. The molecule has 0 aromatic carbocycles. The first-order chi connectivity index (χ1) is 6.22. The van der Waals surface area contributed by atoms with Crippen LogP contribution in [0.1, 0.15) is 6.92 Å². The van der Waals surface area contributed by atoms with Crippen molar-refractivity contribution in [3.8, 4) is 0 Å². The molecule has 0 atom stereocenters. The van der Waals surface area contributed by atoms with Crippen LogP contribution in [0.4, 0.5) is 0 Å². The number of aromatic amines is 2. The minimum absolute atomic E-state index is 0.218. The number of rotatable bonds is 1. The first kappa shape index (κ1) is 7.71. The number of hydrogen-bond donors (Lipinski definition) is 2. The highest BCUT2D eigenvalue weighted by atomic mass is 16.2. The van der Waals surface area contributed by atoms with Crippen molar-refractivity contribution in [2.24, 2.45) is 0 Å². The Morgan fingerprint density at radius 3 is 2.85 bits per heavy atom. The van der Waals surface area contributed by atoms with Crippen LogP contribution in [-0.4, -0.2) is 25.0 Å². The fourth-order valence-electron chi connectivity index (χ4n) is 1.14. The summed E-state index contributed by atoms with van der Waals surface area (Å²) in [4.78, 5) is 26.6. The lowest BCUT2D eigenvalue weighted by Crippen LogP contribution is -2.23. The Bertz CT molecular complexity index is 548. The number of hydrogen-bond acceptors (Lipinski definition) is 4. The second-order valence-corrected chi connectivity index (χ2v) is 2.51. The molecule has 0 unspecified atom stereocenters. The smallest absolute Gasteiger partial charge is 0.288 e. The van der Waals surface area contributed by atoms with Crippen molar-refractivity contribution in [1.82, 2.24) is 25.0 Å². The molecule has 0 saturated carbocycles. The molecule has 0 aliphatic heterocycles. The zero-order chi connectivity index (χ0) is 9.42. The first-order valence-electron chi connectivity index (χ1n) is 3.78. The van der Waals surface area contributed by atoms with Gasteiger partial charge in [0.2, 0.25) is 0 Å². The topological polar surface area (TPSA) is 96.4 Å². The molecule has 0 spiro atoms. The molecule has 2 aromatic heterocycles. The second-order valence-electron chi connectivity index (χ2n) is 2.51. The van der Waals surface area contributed by atoms with Gasteiger partial charge in [0.25, 0.3) is 5.56 Å². The molecule has 7 nitrogen and oxygen atoms in total. The fraction of sp³-hybridized carbons (Fsp3) is 0.333. The van der Waals surface area contributed by atoms with Crippen molar-refractivity contribution in [2.75, 3.05) is 0 Å². The van der Waals surface area contributed by atoms with Crippen LogP contribution in [0, 0.1) is 0 Å². The van der Waals surface area contributed by atoms with Gasteiger partial charge < -0.3 is 0 Å². The van der Waals surface area contributed by atoms with Gasteiger partial charge in [-0.15, -0.1) is 5.10 Å². The summed E-state index contributed by atoms with van der Waals surface area (Å²) < 4.78 is 1.42. The lowest BCUT2D eigenvalue weighted by atomic mass is 10.5. The van der Waals surface area contributed by atoms with E-state index in [1.54, 1.807) is 0 Å². The first-order valence-corrected chi connectivity index (χ1v) is 3.78. The summed E-state index contributed by atoms with van der Waals surface area (Å²) in [5, 5.41) is 7.34. The lowest BCUT2D eigenvalue weighted by molar-refractivity contribution is 0.644. The number of aryl methyl sites for hydroxylation is 1. The molecule has 68 valence electrons. The van der Waals surface area contributed by atoms with E-state index in [1.807, 2.05) is 6.92 Å². The second kappa shape index (κ2) is 2.54. The van der Waals surface area contributed by atoms with E-state index in [-0.39, 0.29) is 5.65 Å². The molecule has 0 bridgehead atoms. The Morgan fingerprint density at radius 1 is 1.38 bits per heavy atom. The third-order valence-electron chi connectivity index (χ3n) is 1.71. The molecule has 13 heavy (non-hydrogen) atoms. The summed E-state index contributed by atoms with van der Waals surface area (Å²) in [6.07, 6.45) is 0. The number of nitrogens with zero attached hydrogens (tertiary/aromatic N) is 3. The Morgan fingerprint density at radius 2 is 2.15 bits per heavy atom. The molecule has 0 saturated heterocycles. The minimum atomic E-state index is -0.569. The van der Waals surface area contributed by atoms with Crippen LogP contribution >= 0.6 is 0 Å². The molecule has 0 aliphatic rings. The van der Waals surface area contributed by atoms with Gasteiger partial charge in [0.15, 0.2) is 11.2 Å². The Hall–Kier alpha value is -1.92. The van der Waals surface area contributed by atoms with Crippen LogP contribution in [-0.2, 0) is 6.54 Å². The Balaban J connectivity index is 2.99. The summed E-state index contributed by atoms with van der Waals surface area (Å²) in [5.74, 6) is 0. The van der Waals surface area contributed by atoms with Crippen LogP contribution in [0.5, 0.6) is 0 Å². The highest BCUT2D eigenvalue weighted by molar-refractivity contribution is 5.67. The van der Waals surface area contributed by atoms with Crippen LogP contribution < -0.4 is 11.2 Å². The minimum Gasteiger partial charge on any atom is -0.288 e. The molecular formula is C6H7N5O2. The summed E-state index contributed by atoms with van der Waals surface area (Å²) in [7, 11) is 0. The Labute approximate surface area is 71.4 Å². The quantitative estimate of drug-likeness (QED) is 0.579. The van der Waals surface area contributed by atoms with Crippen LogP contribution in [0.25, 0.3) is 11.2 Å². The van der Waals surface area contributed by atoms with Gasteiger partial charge in [-0.05, 0) is 6.92 Å². The summed E-state index contributed by atoms with van der Waals surface area (Å²) >= 11 is 0. The third-order valence-corrected chi connectivity index (χ3v) is 1.71. The normalized spacial score (nSPS) is 10.8. The highest BCUT2D eigenvalue weighted by Crippen LogP contribution is 1.97. The van der Waals surface area contributed by atoms with E-state index < -0.39 is 11.2 Å². The SMILES string of the molecule is CCn1nnc2[nH]c(=O)[nH]c(=O)c21. The van der Waals surface area contributed by atoms with Gasteiger partial charge in [-0.2, -0.15) is 0 Å². The van der Waals surface area contributed by atoms with Crippen LogP contribution in [0.2, 0.25) is 0 Å². The standard InChI is InChI=1S/C6H7N5O2/c1-2-11-3-4(9-10-11)7-6(13)8-5(3)12/h2H2,1H3,(H2,7,8,12,13). The van der Waals surface area contributed by atoms with Crippen molar-refractivity contribution >= 4 is 11.2 Å². The molecule has 2 aromatic rings. The van der Waals surface area contributed by atoms with Gasteiger partial charge >= 0.3 is 5.69 Å². The number of H-pyrrole nitrogens is 2. The molecule has 0 amide bonds. The predicted octanol–water partition coefficient (Wildman–Crippen LogP) is -1.17. The third kappa shape index (κ3) is 1.05. The average Bonchev–Trinajstić information content (AvgIpc) is 2.47. The molecule has 0 radical (unpaired) electrons. The number of fused-ring (bicyclic) bond motifs is 1. The molecule has 0 fully saturated rings. The van der Waals surface area contributed by atoms with Crippen molar-refractivity contribution in [1.29, 1.82) is 0 Å². The van der Waals surface area contributed by atoms with Gasteiger partial charge in [-0.1, -0.05) is 5.21 Å². The van der Waals surface area contributed by atoms with Crippen molar-refractivity contribution in [3.05, 3.63) is 20.8 Å². The summed E-state index contributed by atoms with van der Waals surface area (Å²) in [6, 6.07) is 0. The van der Waals surface area contributed by atoms with Gasteiger partial charge in [-0.25, -0.2) is 9.48 Å². The lowest BCUT2D eigenvalue weighted by Gasteiger charge is -1.92. The van der Waals surface area contributed by atoms with Crippen LogP contribution in [0.15, 0.2) is 9.59 Å². The van der Waals surface area contributed by atoms with E-state index in [0.29, 0.717) is 12.1 Å². The number of nitrogens with one attached hydrogen (secondary N) is 2. The maximum atomic E-state index is 11.3. The predicted molar refractivity (Wildman–Crippen MR) is 44.4 cm³/mol. The molecular weight excluding hydrogens is 174 g/mol. The van der Waals surface area contributed by atoms with E-state index in [1.165, 1.54) is 4.68 Å². The molecule has 2 rings (SSSR count). The average molecular weight is 181 g/mol.